The van der Waals surface area contributed by atoms with E-state index < -0.39 is 5.54 Å². The lowest BCUT2D eigenvalue weighted by atomic mass is 10.1. The fourth-order valence-corrected chi connectivity index (χ4v) is 0.500. The first kappa shape index (κ1) is 10.4. The van der Waals surface area contributed by atoms with E-state index in [1.54, 1.807) is 13.8 Å². The van der Waals surface area contributed by atoms with Crippen molar-refractivity contribution in [2.75, 3.05) is 0 Å². The molecule has 0 fully saturated rings. The largest absolute Gasteiger partial charge is 0.313 e. The quantitative estimate of drug-likeness (QED) is 0.277. The molecule has 0 atom stereocenters. The molecular formula is C6H13N3OS. The Bertz CT molecular complexity index is 179. The third-order valence-electron chi connectivity index (χ3n) is 1.21. The molecule has 0 unspecified atom stereocenters. The van der Waals surface area contributed by atoms with E-state index in [0.717, 1.165) is 0 Å². The van der Waals surface area contributed by atoms with Crippen molar-refractivity contribution in [3.63, 3.8) is 0 Å². The summed E-state index contributed by atoms with van der Waals surface area (Å²) in [5.74, 6) is -0.133. The van der Waals surface area contributed by atoms with Crippen LogP contribution in [0.15, 0.2) is 0 Å². The first-order chi connectivity index (χ1) is 4.90. The third kappa shape index (κ3) is 3.38. The fourth-order valence-electron chi connectivity index (χ4n) is 0.388. The van der Waals surface area contributed by atoms with Crippen molar-refractivity contribution in [1.82, 2.24) is 10.0 Å². The molecule has 3 N–H and O–H groups in total. The van der Waals surface area contributed by atoms with Gasteiger partial charge in [-0.1, -0.05) is 12.8 Å². The number of hydrogen-bond donors (Lipinski definition) is 4. The van der Waals surface area contributed by atoms with Crippen LogP contribution in [0.4, 0.5) is 0 Å². The summed E-state index contributed by atoms with van der Waals surface area (Å²) in [6, 6.07) is 0. The molecular weight excluding hydrogens is 162 g/mol. The van der Waals surface area contributed by atoms with Crippen molar-refractivity contribution in [2.24, 2.45) is 0 Å². The molecule has 11 heavy (non-hydrogen) atoms. The Balaban J connectivity index is 4.13. The van der Waals surface area contributed by atoms with Gasteiger partial charge < -0.3 is 5.32 Å². The van der Waals surface area contributed by atoms with E-state index in [1.807, 2.05) is 0 Å². The van der Waals surface area contributed by atoms with Crippen molar-refractivity contribution in [1.29, 1.82) is 5.41 Å². The van der Waals surface area contributed by atoms with E-state index in [9.17, 15) is 4.79 Å². The lowest BCUT2D eigenvalue weighted by Crippen LogP contribution is -2.50. The number of thiol groups is 1. The highest BCUT2D eigenvalue weighted by Gasteiger charge is 2.22. The van der Waals surface area contributed by atoms with Crippen LogP contribution in [0, 0.1) is 5.41 Å². The highest BCUT2D eigenvalue weighted by atomic mass is 32.1. The highest BCUT2D eigenvalue weighted by Crippen LogP contribution is 2.02. The van der Waals surface area contributed by atoms with Crippen molar-refractivity contribution in [3.8, 4) is 0 Å². The molecule has 0 aromatic carbocycles. The molecule has 0 rings (SSSR count). The van der Waals surface area contributed by atoms with Gasteiger partial charge in [0.2, 0.25) is 5.91 Å². The monoisotopic (exact) mass is 175 g/mol. The zero-order valence-corrected chi connectivity index (χ0v) is 7.75. The van der Waals surface area contributed by atoms with Crippen LogP contribution in [-0.2, 0) is 4.79 Å². The number of amides is 1. The number of carbonyl (C=O) groups excluding carboxylic acids is 1. The van der Waals surface area contributed by atoms with Crippen LogP contribution in [0.3, 0.4) is 0 Å². The first-order valence-electron chi connectivity index (χ1n) is 3.18. The van der Waals surface area contributed by atoms with E-state index in [1.165, 1.54) is 6.92 Å². The van der Waals surface area contributed by atoms with Gasteiger partial charge in [0.25, 0.3) is 0 Å². The van der Waals surface area contributed by atoms with Crippen LogP contribution in [0.2, 0.25) is 0 Å². The van der Waals surface area contributed by atoms with Crippen LogP contribution >= 0.6 is 12.8 Å². The zero-order valence-electron chi connectivity index (χ0n) is 6.86. The Kier molecular flexibility index (Phi) is 3.54. The molecule has 1 amide bonds. The molecule has 0 aliphatic heterocycles. The number of nitrogens with one attached hydrogen (secondary N) is 3. The maximum Gasteiger partial charge on any atom is 0.222 e. The summed E-state index contributed by atoms with van der Waals surface area (Å²) in [7, 11) is 0. The van der Waals surface area contributed by atoms with Crippen LogP contribution in [0.1, 0.15) is 20.8 Å². The predicted molar refractivity (Wildman–Crippen MR) is 47.7 cm³/mol. The van der Waals surface area contributed by atoms with Crippen molar-refractivity contribution >= 4 is 24.6 Å². The van der Waals surface area contributed by atoms with Crippen LogP contribution in [0.5, 0.6) is 0 Å². The zero-order chi connectivity index (χ0) is 9.07. The van der Waals surface area contributed by atoms with Gasteiger partial charge in [0.15, 0.2) is 0 Å². The van der Waals surface area contributed by atoms with Crippen molar-refractivity contribution in [3.05, 3.63) is 0 Å². The number of carbonyl (C=O) groups is 1. The summed E-state index contributed by atoms with van der Waals surface area (Å²) in [4.78, 5) is 10.5. The van der Waals surface area contributed by atoms with Gasteiger partial charge in [-0.15, -0.1) is 0 Å². The van der Waals surface area contributed by atoms with Crippen LogP contribution in [-0.4, -0.2) is 17.3 Å². The fraction of sp³-hybridized carbons (Fsp3) is 0.667. The van der Waals surface area contributed by atoms with Gasteiger partial charge >= 0.3 is 0 Å². The average Bonchev–Trinajstić information content (AvgIpc) is 1.86. The summed E-state index contributed by atoms with van der Waals surface area (Å²) in [5, 5.41) is 9.75. The molecule has 0 spiro atoms. The van der Waals surface area contributed by atoms with E-state index in [2.05, 4.69) is 22.9 Å². The maximum atomic E-state index is 10.5. The summed E-state index contributed by atoms with van der Waals surface area (Å²) >= 11 is 3.82. The van der Waals surface area contributed by atoms with E-state index >= 15 is 0 Å². The second kappa shape index (κ2) is 3.73. The lowest BCUT2D eigenvalue weighted by molar-refractivity contribution is -0.117. The van der Waals surface area contributed by atoms with E-state index in [4.69, 9.17) is 5.41 Å². The molecule has 0 heterocycles. The summed E-state index contributed by atoms with van der Waals surface area (Å²) in [6.45, 7) is 4.86. The van der Waals surface area contributed by atoms with E-state index in [0.29, 0.717) is 0 Å². The van der Waals surface area contributed by atoms with Gasteiger partial charge in [-0.2, -0.15) is 0 Å². The average molecular weight is 175 g/mol. The molecule has 0 aliphatic rings. The van der Waals surface area contributed by atoms with Crippen molar-refractivity contribution in [2.45, 2.75) is 26.3 Å². The SMILES string of the molecule is CC(=O)NC(=N)C(C)(C)NS. The molecule has 0 aromatic heterocycles. The normalized spacial score (nSPS) is 10.9. The van der Waals surface area contributed by atoms with Gasteiger partial charge in [-0.05, 0) is 13.8 Å². The second-order valence-corrected chi connectivity index (χ2v) is 3.02. The summed E-state index contributed by atoms with van der Waals surface area (Å²) in [5.41, 5.74) is -0.602. The molecule has 4 nitrogen and oxygen atoms in total. The highest BCUT2D eigenvalue weighted by molar-refractivity contribution is 7.78. The van der Waals surface area contributed by atoms with Gasteiger partial charge in [-0.25, -0.2) is 0 Å². The topological polar surface area (TPSA) is 65.0 Å². The summed E-state index contributed by atoms with van der Waals surface area (Å²) < 4.78 is 2.60. The molecule has 0 radical (unpaired) electrons. The molecule has 0 saturated heterocycles. The number of rotatable bonds is 2. The Morgan fingerprint density at radius 1 is 1.55 bits per heavy atom. The van der Waals surface area contributed by atoms with Crippen molar-refractivity contribution < 1.29 is 4.79 Å². The standard InChI is InChI=1S/C6H13N3OS/c1-4(10)8-5(7)6(2,3)9-11/h9,11H,1-3H3,(H2,7,8,10). The predicted octanol–water partition coefficient (Wildman–Crippen LogP) is 0.313. The smallest absolute Gasteiger partial charge is 0.222 e. The van der Waals surface area contributed by atoms with Crippen LogP contribution in [0.25, 0.3) is 0 Å². The minimum atomic E-state index is -0.602. The molecule has 0 saturated carbocycles. The molecule has 0 aromatic rings. The number of amidine groups is 1. The summed E-state index contributed by atoms with van der Waals surface area (Å²) in [6.07, 6.45) is 0. The third-order valence-corrected chi connectivity index (χ3v) is 1.76. The Morgan fingerprint density at radius 2 is 2.00 bits per heavy atom. The molecule has 0 bridgehead atoms. The Hall–Kier alpha value is -0.550. The Morgan fingerprint density at radius 3 is 2.27 bits per heavy atom. The van der Waals surface area contributed by atoms with Crippen LogP contribution < -0.4 is 10.0 Å². The van der Waals surface area contributed by atoms with Gasteiger partial charge in [0, 0.05) is 6.92 Å². The Labute approximate surface area is 71.8 Å². The first-order valence-corrected chi connectivity index (χ1v) is 3.62. The molecule has 0 aliphatic carbocycles. The molecule has 64 valence electrons. The second-order valence-electron chi connectivity index (χ2n) is 2.79. The van der Waals surface area contributed by atoms with Gasteiger partial charge in [-0.3, -0.25) is 14.9 Å². The minimum absolute atomic E-state index is 0.111. The van der Waals surface area contributed by atoms with E-state index in [-0.39, 0.29) is 11.7 Å². The van der Waals surface area contributed by atoms with Gasteiger partial charge in [0.05, 0.1) is 5.54 Å². The maximum absolute atomic E-state index is 10.5. The van der Waals surface area contributed by atoms with Gasteiger partial charge in [0.1, 0.15) is 5.84 Å². The number of hydrogen-bond acceptors (Lipinski definition) is 4. The molecule has 5 heteroatoms. The minimum Gasteiger partial charge on any atom is -0.313 e. The lowest BCUT2D eigenvalue weighted by Gasteiger charge is -2.23.